The van der Waals surface area contributed by atoms with Gasteiger partial charge in [0.25, 0.3) is 0 Å². The number of allylic oxidation sites excluding steroid dienone is 2. The minimum atomic E-state index is -0.0947. The number of hydrogen-bond donors (Lipinski definition) is 1. The maximum Gasteiger partial charge on any atom is 0.243 e. The molecule has 1 rings (SSSR count). The Kier molecular flexibility index (Phi) is 4.21. The molecule has 0 aromatic heterocycles. The minimum Gasteiger partial charge on any atom is -0.356 e. The standard InChI is InChI=1S/C12H13NO/c1-13-12(14)10-6-5-9-11-7-3-2-4-8-11/h2-10H,1H3,(H,13,14)/b9-5+,10-6+. The van der Waals surface area contributed by atoms with Crippen molar-refractivity contribution in [2.45, 2.75) is 0 Å². The van der Waals surface area contributed by atoms with E-state index in [1.807, 2.05) is 42.5 Å². The first kappa shape index (κ1) is 10.3. The van der Waals surface area contributed by atoms with Crippen LogP contribution >= 0.6 is 0 Å². The number of nitrogens with one attached hydrogen (secondary N) is 1. The van der Waals surface area contributed by atoms with E-state index in [2.05, 4.69) is 5.32 Å². The first-order chi connectivity index (χ1) is 6.83. The largest absolute Gasteiger partial charge is 0.356 e. The second-order valence-corrected chi connectivity index (χ2v) is 2.74. The lowest BCUT2D eigenvalue weighted by Gasteiger charge is -1.89. The van der Waals surface area contributed by atoms with Gasteiger partial charge in [0.05, 0.1) is 0 Å². The van der Waals surface area contributed by atoms with Crippen LogP contribution in [-0.4, -0.2) is 13.0 Å². The van der Waals surface area contributed by atoms with Gasteiger partial charge in [-0.15, -0.1) is 0 Å². The van der Waals surface area contributed by atoms with Crippen LogP contribution in [0.3, 0.4) is 0 Å². The molecule has 1 amide bonds. The van der Waals surface area contributed by atoms with Crippen molar-refractivity contribution in [3.63, 3.8) is 0 Å². The fourth-order valence-corrected chi connectivity index (χ4v) is 0.957. The summed E-state index contributed by atoms with van der Waals surface area (Å²) >= 11 is 0. The van der Waals surface area contributed by atoms with E-state index in [1.165, 1.54) is 6.08 Å². The molecule has 0 spiro atoms. The summed E-state index contributed by atoms with van der Waals surface area (Å²) in [4.78, 5) is 10.8. The third-order valence-corrected chi connectivity index (χ3v) is 1.69. The SMILES string of the molecule is CNC(=O)/C=C/C=C/c1ccccc1. The molecule has 0 heterocycles. The van der Waals surface area contributed by atoms with E-state index < -0.39 is 0 Å². The van der Waals surface area contributed by atoms with Gasteiger partial charge in [-0.1, -0.05) is 48.6 Å². The molecular weight excluding hydrogens is 174 g/mol. The molecule has 1 N–H and O–H groups in total. The number of rotatable bonds is 3. The average molecular weight is 187 g/mol. The van der Waals surface area contributed by atoms with Crippen LogP contribution in [0, 0.1) is 0 Å². The maximum absolute atomic E-state index is 10.8. The summed E-state index contributed by atoms with van der Waals surface area (Å²) in [7, 11) is 1.60. The smallest absolute Gasteiger partial charge is 0.243 e. The Morgan fingerprint density at radius 3 is 2.57 bits per heavy atom. The van der Waals surface area contributed by atoms with Crippen LogP contribution < -0.4 is 5.32 Å². The van der Waals surface area contributed by atoms with Crippen molar-refractivity contribution in [3.05, 3.63) is 54.1 Å². The number of benzene rings is 1. The molecule has 0 aliphatic heterocycles. The van der Waals surface area contributed by atoms with Gasteiger partial charge in [-0.05, 0) is 5.56 Å². The first-order valence-electron chi connectivity index (χ1n) is 4.44. The number of hydrogen-bond acceptors (Lipinski definition) is 1. The van der Waals surface area contributed by atoms with Gasteiger partial charge in [-0.3, -0.25) is 4.79 Å². The highest BCUT2D eigenvalue weighted by Crippen LogP contribution is 2.00. The molecule has 2 nitrogen and oxygen atoms in total. The van der Waals surface area contributed by atoms with Crippen LogP contribution in [0.15, 0.2) is 48.6 Å². The first-order valence-corrected chi connectivity index (χ1v) is 4.44. The Labute approximate surface area is 84.0 Å². The van der Waals surface area contributed by atoms with E-state index in [4.69, 9.17) is 0 Å². The van der Waals surface area contributed by atoms with Crippen molar-refractivity contribution in [1.82, 2.24) is 5.32 Å². The van der Waals surface area contributed by atoms with E-state index in [-0.39, 0.29) is 5.91 Å². The molecule has 1 aromatic rings. The molecule has 0 radical (unpaired) electrons. The second-order valence-electron chi connectivity index (χ2n) is 2.74. The van der Waals surface area contributed by atoms with Gasteiger partial charge in [-0.2, -0.15) is 0 Å². The molecule has 0 bridgehead atoms. The molecule has 72 valence electrons. The minimum absolute atomic E-state index is 0.0947. The van der Waals surface area contributed by atoms with Gasteiger partial charge in [0.15, 0.2) is 0 Å². The van der Waals surface area contributed by atoms with Crippen molar-refractivity contribution in [1.29, 1.82) is 0 Å². The Morgan fingerprint density at radius 1 is 1.21 bits per heavy atom. The van der Waals surface area contributed by atoms with Gasteiger partial charge in [0.1, 0.15) is 0 Å². The van der Waals surface area contributed by atoms with Crippen molar-refractivity contribution >= 4 is 12.0 Å². The zero-order valence-corrected chi connectivity index (χ0v) is 8.10. The quantitative estimate of drug-likeness (QED) is 0.569. The van der Waals surface area contributed by atoms with Crippen molar-refractivity contribution in [3.8, 4) is 0 Å². The van der Waals surface area contributed by atoms with Crippen LogP contribution in [0.1, 0.15) is 5.56 Å². The molecule has 1 aromatic carbocycles. The molecule has 0 saturated carbocycles. The van der Waals surface area contributed by atoms with E-state index in [0.717, 1.165) is 5.56 Å². The third kappa shape index (κ3) is 3.72. The molecule has 0 aliphatic carbocycles. The van der Waals surface area contributed by atoms with Crippen molar-refractivity contribution < 1.29 is 4.79 Å². The molecule has 0 atom stereocenters. The van der Waals surface area contributed by atoms with E-state index in [1.54, 1.807) is 13.1 Å². The summed E-state index contributed by atoms with van der Waals surface area (Å²) in [6, 6.07) is 9.93. The van der Waals surface area contributed by atoms with E-state index in [9.17, 15) is 4.79 Å². The molecule has 0 saturated heterocycles. The van der Waals surface area contributed by atoms with Crippen LogP contribution in [0.2, 0.25) is 0 Å². The fraction of sp³-hybridized carbons (Fsp3) is 0.0833. The van der Waals surface area contributed by atoms with Gasteiger partial charge in [0, 0.05) is 13.1 Å². The maximum atomic E-state index is 10.8. The molecular formula is C12H13NO. The summed E-state index contributed by atoms with van der Waals surface area (Å²) in [6.07, 6.45) is 6.98. The average Bonchev–Trinajstić information content (AvgIpc) is 2.25. The molecule has 2 heteroatoms. The van der Waals surface area contributed by atoms with Gasteiger partial charge >= 0.3 is 0 Å². The Bertz CT molecular complexity index is 339. The molecule has 0 fully saturated rings. The Morgan fingerprint density at radius 2 is 1.93 bits per heavy atom. The fourth-order valence-electron chi connectivity index (χ4n) is 0.957. The summed E-state index contributed by atoms with van der Waals surface area (Å²) < 4.78 is 0. The monoisotopic (exact) mass is 187 g/mol. The van der Waals surface area contributed by atoms with Crippen LogP contribution in [0.4, 0.5) is 0 Å². The molecule has 0 unspecified atom stereocenters. The highest BCUT2D eigenvalue weighted by molar-refractivity contribution is 5.87. The predicted molar refractivity (Wildman–Crippen MR) is 58.7 cm³/mol. The highest BCUT2D eigenvalue weighted by Gasteiger charge is 1.84. The zero-order valence-electron chi connectivity index (χ0n) is 8.10. The number of carbonyl (C=O) groups excluding carboxylic acids is 1. The highest BCUT2D eigenvalue weighted by atomic mass is 16.1. The van der Waals surface area contributed by atoms with Crippen LogP contribution in [-0.2, 0) is 4.79 Å². The van der Waals surface area contributed by atoms with Gasteiger partial charge in [0.2, 0.25) is 5.91 Å². The summed E-state index contributed by atoms with van der Waals surface area (Å²) in [5.41, 5.74) is 1.12. The zero-order chi connectivity index (χ0) is 10.2. The lowest BCUT2D eigenvalue weighted by molar-refractivity contribution is -0.116. The predicted octanol–water partition coefficient (Wildman–Crippen LogP) is 2.00. The normalized spacial score (nSPS) is 10.9. The second kappa shape index (κ2) is 5.75. The van der Waals surface area contributed by atoms with E-state index >= 15 is 0 Å². The number of amides is 1. The number of carbonyl (C=O) groups is 1. The summed E-state index contributed by atoms with van der Waals surface area (Å²) in [5, 5.41) is 2.50. The third-order valence-electron chi connectivity index (χ3n) is 1.69. The Balaban J connectivity index is 2.50. The van der Waals surface area contributed by atoms with E-state index in [0.29, 0.717) is 0 Å². The molecule has 14 heavy (non-hydrogen) atoms. The van der Waals surface area contributed by atoms with Crippen LogP contribution in [0.25, 0.3) is 6.08 Å². The lowest BCUT2D eigenvalue weighted by atomic mass is 10.2. The topological polar surface area (TPSA) is 29.1 Å². The lowest BCUT2D eigenvalue weighted by Crippen LogP contribution is -2.13. The molecule has 0 aliphatic rings. The van der Waals surface area contributed by atoms with Gasteiger partial charge in [-0.25, -0.2) is 0 Å². The summed E-state index contributed by atoms with van der Waals surface area (Å²) in [5.74, 6) is -0.0947. The Hall–Kier alpha value is -1.83. The van der Waals surface area contributed by atoms with Crippen molar-refractivity contribution in [2.75, 3.05) is 7.05 Å². The van der Waals surface area contributed by atoms with Gasteiger partial charge < -0.3 is 5.32 Å². The number of likely N-dealkylation sites (N-methyl/N-ethyl adjacent to an activating group) is 1. The van der Waals surface area contributed by atoms with Crippen molar-refractivity contribution in [2.24, 2.45) is 0 Å². The summed E-state index contributed by atoms with van der Waals surface area (Å²) in [6.45, 7) is 0. The van der Waals surface area contributed by atoms with Crippen LogP contribution in [0.5, 0.6) is 0 Å².